The second-order valence-electron chi connectivity index (χ2n) is 5.70. The highest BCUT2D eigenvalue weighted by Gasteiger charge is 2.18. The van der Waals surface area contributed by atoms with E-state index in [9.17, 15) is 0 Å². The van der Waals surface area contributed by atoms with E-state index in [1.165, 1.54) is 19.4 Å². The molecule has 0 amide bonds. The van der Waals surface area contributed by atoms with Crippen LogP contribution in [0.15, 0.2) is 33.4 Å². The number of nitrogens with zero attached hydrogens (tertiary/aromatic N) is 2. The molecule has 0 saturated carbocycles. The Balaban J connectivity index is 1.58. The summed E-state index contributed by atoms with van der Waals surface area (Å²) in [7, 11) is 0. The largest absolute Gasteiger partial charge is 0.461 e. The molecule has 0 aliphatic carbocycles. The minimum Gasteiger partial charge on any atom is -0.461 e. The van der Waals surface area contributed by atoms with Gasteiger partial charge in [-0.3, -0.25) is 4.90 Å². The number of nitrogens with one attached hydrogen (secondary N) is 1. The summed E-state index contributed by atoms with van der Waals surface area (Å²) in [4.78, 5) is 2.43. The third kappa shape index (κ3) is 3.74. The molecule has 21 heavy (non-hydrogen) atoms. The molecule has 1 fully saturated rings. The molecule has 2 aromatic heterocycles. The monoisotopic (exact) mass is 289 g/mol. The zero-order valence-electron chi connectivity index (χ0n) is 12.5. The summed E-state index contributed by atoms with van der Waals surface area (Å²) < 4.78 is 10.7. The molecule has 1 atom stereocenters. The maximum Gasteiger partial charge on any atom is 0.202 e. The van der Waals surface area contributed by atoms with Gasteiger partial charge >= 0.3 is 0 Å². The van der Waals surface area contributed by atoms with Crippen LogP contribution in [0.2, 0.25) is 0 Å². The Hall–Kier alpha value is -1.59. The number of aromatic nitrogens is 1. The summed E-state index contributed by atoms with van der Waals surface area (Å²) in [5.74, 6) is 2.17. The predicted octanol–water partition coefficient (Wildman–Crippen LogP) is 2.76. The van der Waals surface area contributed by atoms with Crippen LogP contribution in [-0.4, -0.2) is 36.2 Å². The predicted molar refractivity (Wildman–Crippen MR) is 80.7 cm³/mol. The molecule has 3 heterocycles. The zero-order valence-corrected chi connectivity index (χ0v) is 12.5. The Morgan fingerprint density at radius 3 is 3.10 bits per heavy atom. The molecule has 3 rings (SSSR count). The van der Waals surface area contributed by atoms with Crippen LogP contribution in [-0.2, 0) is 6.54 Å². The number of piperidine rings is 1. The van der Waals surface area contributed by atoms with Crippen LogP contribution >= 0.6 is 0 Å². The first-order valence-electron chi connectivity index (χ1n) is 7.77. The van der Waals surface area contributed by atoms with Crippen LogP contribution in [0.5, 0.6) is 0 Å². The lowest BCUT2D eigenvalue weighted by Gasteiger charge is -2.28. The molecule has 1 saturated heterocycles. The SMILES string of the molecule is CCN(Cc1cc(-c2ccco2)on1)CC1CCCNC1. The lowest BCUT2D eigenvalue weighted by Crippen LogP contribution is -2.38. The fourth-order valence-corrected chi connectivity index (χ4v) is 2.90. The van der Waals surface area contributed by atoms with Crippen molar-refractivity contribution >= 4 is 0 Å². The maximum absolute atomic E-state index is 5.36. The summed E-state index contributed by atoms with van der Waals surface area (Å²) in [5.41, 5.74) is 0.965. The molecule has 0 aromatic carbocycles. The lowest BCUT2D eigenvalue weighted by atomic mass is 9.99. The topological polar surface area (TPSA) is 54.4 Å². The van der Waals surface area contributed by atoms with Crippen molar-refractivity contribution in [1.82, 2.24) is 15.4 Å². The normalized spacial score (nSPS) is 19.2. The van der Waals surface area contributed by atoms with Crippen molar-refractivity contribution in [2.45, 2.75) is 26.3 Å². The summed E-state index contributed by atoms with van der Waals surface area (Å²) in [6.45, 7) is 7.47. The van der Waals surface area contributed by atoms with Gasteiger partial charge < -0.3 is 14.3 Å². The smallest absolute Gasteiger partial charge is 0.202 e. The highest BCUT2D eigenvalue weighted by molar-refractivity contribution is 5.49. The highest BCUT2D eigenvalue weighted by Crippen LogP contribution is 2.21. The van der Waals surface area contributed by atoms with Gasteiger partial charge in [0.05, 0.1) is 12.0 Å². The molecule has 1 aliphatic heterocycles. The van der Waals surface area contributed by atoms with Crippen LogP contribution in [0.25, 0.3) is 11.5 Å². The molecule has 2 aromatic rings. The van der Waals surface area contributed by atoms with Crippen LogP contribution in [0.1, 0.15) is 25.5 Å². The second-order valence-corrected chi connectivity index (χ2v) is 5.70. The van der Waals surface area contributed by atoms with Crippen molar-refractivity contribution in [2.24, 2.45) is 5.92 Å². The van der Waals surface area contributed by atoms with Crippen molar-refractivity contribution in [2.75, 3.05) is 26.2 Å². The average Bonchev–Trinajstić information content (AvgIpc) is 3.18. The van der Waals surface area contributed by atoms with Gasteiger partial charge in [0.15, 0.2) is 5.76 Å². The van der Waals surface area contributed by atoms with E-state index in [-0.39, 0.29) is 0 Å². The fourth-order valence-electron chi connectivity index (χ4n) is 2.90. The third-order valence-corrected chi connectivity index (χ3v) is 4.07. The minimum absolute atomic E-state index is 0.699. The first-order valence-corrected chi connectivity index (χ1v) is 7.77. The molecule has 5 heteroatoms. The Labute approximate surface area is 125 Å². The van der Waals surface area contributed by atoms with Crippen LogP contribution in [0, 0.1) is 5.92 Å². The summed E-state index contributed by atoms with van der Waals surface area (Å²) in [6, 6.07) is 5.71. The van der Waals surface area contributed by atoms with E-state index < -0.39 is 0 Å². The van der Waals surface area contributed by atoms with Crippen molar-refractivity contribution in [3.8, 4) is 11.5 Å². The zero-order chi connectivity index (χ0) is 14.5. The average molecular weight is 289 g/mol. The van der Waals surface area contributed by atoms with E-state index in [1.54, 1.807) is 6.26 Å². The van der Waals surface area contributed by atoms with Gasteiger partial charge in [-0.2, -0.15) is 0 Å². The van der Waals surface area contributed by atoms with Crippen LogP contribution in [0.3, 0.4) is 0 Å². The molecule has 1 N–H and O–H groups in total. The van der Waals surface area contributed by atoms with Gasteiger partial charge in [-0.15, -0.1) is 0 Å². The molecule has 1 unspecified atom stereocenters. The molecule has 0 bridgehead atoms. The van der Waals surface area contributed by atoms with Crippen LogP contribution in [0.4, 0.5) is 0 Å². The minimum atomic E-state index is 0.699. The van der Waals surface area contributed by atoms with E-state index >= 15 is 0 Å². The molecule has 0 spiro atoms. The lowest BCUT2D eigenvalue weighted by molar-refractivity contribution is 0.205. The van der Waals surface area contributed by atoms with Gasteiger partial charge in [0.2, 0.25) is 5.76 Å². The number of hydrogen-bond acceptors (Lipinski definition) is 5. The summed E-state index contributed by atoms with van der Waals surface area (Å²) in [5, 5.41) is 7.64. The highest BCUT2D eigenvalue weighted by atomic mass is 16.5. The third-order valence-electron chi connectivity index (χ3n) is 4.07. The van der Waals surface area contributed by atoms with Gasteiger partial charge in [-0.25, -0.2) is 0 Å². The van der Waals surface area contributed by atoms with E-state index in [0.29, 0.717) is 5.76 Å². The summed E-state index contributed by atoms with van der Waals surface area (Å²) >= 11 is 0. The first kappa shape index (κ1) is 14.4. The number of rotatable bonds is 6. The van der Waals surface area contributed by atoms with Crippen molar-refractivity contribution in [3.05, 3.63) is 30.2 Å². The molecular weight excluding hydrogens is 266 g/mol. The van der Waals surface area contributed by atoms with Crippen LogP contribution < -0.4 is 5.32 Å². The Bertz CT molecular complexity index is 529. The number of hydrogen-bond donors (Lipinski definition) is 1. The van der Waals surface area contributed by atoms with Crippen molar-refractivity contribution in [1.29, 1.82) is 0 Å². The second kappa shape index (κ2) is 6.91. The molecule has 0 radical (unpaired) electrons. The van der Waals surface area contributed by atoms with Crippen molar-refractivity contribution in [3.63, 3.8) is 0 Å². The van der Waals surface area contributed by atoms with E-state index in [4.69, 9.17) is 8.94 Å². The van der Waals surface area contributed by atoms with E-state index in [1.807, 2.05) is 18.2 Å². The molecular formula is C16H23N3O2. The molecule has 114 valence electrons. The van der Waals surface area contributed by atoms with Gasteiger partial charge in [0, 0.05) is 19.2 Å². The van der Waals surface area contributed by atoms with E-state index in [2.05, 4.69) is 22.3 Å². The number of furan rings is 1. The Morgan fingerprint density at radius 1 is 1.43 bits per heavy atom. The first-order chi connectivity index (χ1) is 10.3. The van der Waals surface area contributed by atoms with Gasteiger partial charge in [0.25, 0.3) is 0 Å². The molecule has 5 nitrogen and oxygen atoms in total. The Morgan fingerprint density at radius 2 is 2.38 bits per heavy atom. The quantitative estimate of drug-likeness (QED) is 0.886. The van der Waals surface area contributed by atoms with Gasteiger partial charge in [-0.05, 0) is 50.5 Å². The molecule has 1 aliphatic rings. The maximum atomic E-state index is 5.36. The van der Waals surface area contributed by atoms with E-state index in [0.717, 1.165) is 43.6 Å². The van der Waals surface area contributed by atoms with Gasteiger partial charge in [0.1, 0.15) is 0 Å². The van der Waals surface area contributed by atoms with Gasteiger partial charge in [-0.1, -0.05) is 12.1 Å². The standard InChI is InChI=1S/C16H23N3O2/c1-2-19(11-13-5-3-7-17-10-13)12-14-9-16(21-18-14)15-6-4-8-20-15/h4,6,8-9,13,17H,2-3,5,7,10-12H2,1H3. The van der Waals surface area contributed by atoms with Crippen molar-refractivity contribution < 1.29 is 8.94 Å². The summed E-state index contributed by atoms with van der Waals surface area (Å²) in [6.07, 6.45) is 4.25. The fraction of sp³-hybridized carbons (Fsp3) is 0.562. The Kier molecular flexibility index (Phi) is 4.72.